The molecule has 0 radical (unpaired) electrons. The summed E-state index contributed by atoms with van der Waals surface area (Å²) in [4.78, 5) is 10.6. The van der Waals surface area contributed by atoms with Crippen LogP contribution in [0.5, 0.6) is 0 Å². The monoisotopic (exact) mass is 298 g/mol. The molecule has 0 saturated carbocycles. The molecule has 1 aliphatic heterocycles. The summed E-state index contributed by atoms with van der Waals surface area (Å²) >= 11 is 0. The number of nitrogens with zero attached hydrogens (tertiary/aromatic N) is 3. The van der Waals surface area contributed by atoms with Crippen molar-refractivity contribution in [2.24, 2.45) is 0 Å². The van der Waals surface area contributed by atoms with Gasteiger partial charge in [0.1, 0.15) is 0 Å². The summed E-state index contributed by atoms with van der Waals surface area (Å²) in [6.45, 7) is 3.91. The van der Waals surface area contributed by atoms with Gasteiger partial charge in [0, 0.05) is 13.1 Å². The van der Waals surface area contributed by atoms with Crippen LogP contribution in [0.15, 0.2) is 12.4 Å². The minimum absolute atomic E-state index is 0.136. The van der Waals surface area contributed by atoms with Gasteiger partial charge in [0.15, 0.2) is 0 Å². The van der Waals surface area contributed by atoms with E-state index in [0.29, 0.717) is 18.1 Å². The van der Waals surface area contributed by atoms with E-state index in [4.69, 9.17) is 0 Å². The molecule has 1 aromatic rings. The molecule has 0 amide bonds. The summed E-state index contributed by atoms with van der Waals surface area (Å²) in [6.07, 6.45) is 8.17. The molecule has 1 aliphatic rings. The number of hydrogen-bond acceptors (Lipinski definition) is 5. The van der Waals surface area contributed by atoms with Crippen LogP contribution in [0.1, 0.15) is 39.0 Å². The fourth-order valence-electron chi connectivity index (χ4n) is 2.20. The Labute approximate surface area is 120 Å². The van der Waals surface area contributed by atoms with E-state index in [0.717, 1.165) is 32.4 Å². The van der Waals surface area contributed by atoms with Crippen LogP contribution in [-0.2, 0) is 10.0 Å². The van der Waals surface area contributed by atoms with Crippen molar-refractivity contribution in [1.82, 2.24) is 9.97 Å². The molecule has 0 atom stereocenters. The largest absolute Gasteiger partial charge is 0.341 e. The zero-order valence-corrected chi connectivity index (χ0v) is 12.7. The number of aromatic nitrogens is 2. The lowest BCUT2D eigenvalue weighted by Crippen LogP contribution is -2.31. The Kier molecular flexibility index (Phi) is 5.17. The van der Waals surface area contributed by atoms with E-state index < -0.39 is 10.0 Å². The van der Waals surface area contributed by atoms with Crippen molar-refractivity contribution >= 4 is 21.7 Å². The highest BCUT2D eigenvalue weighted by molar-refractivity contribution is 7.92. The number of piperidine rings is 1. The molecule has 112 valence electrons. The Morgan fingerprint density at radius 2 is 1.85 bits per heavy atom. The highest BCUT2D eigenvalue weighted by Crippen LogP contribution is 2.16. The molecule has 1 aromatic heterocycles. The second kappa shape index (κ2) is 6.88. The van der Waals surface area contributed by atoms with Gasteiger partial charge >= 0.3 is 0 Å². The van der Waals surface area contributed by atoms with E-state index in [1.165, 1.54) is 6.42 Å². The molecule has 0 aliphatic carbocycles. The van der Waals surface area contributed by atoms with Crippen molar-refractivity contribution < 1.29 is 8.42 Å². The summed E-state index contributed by atoms with van der Waals surface area (Å²) < 4.78 is 26.0. The summed E-state index contributed by atoms with van der Waals surface area (Å²) in [7, 11) is -3.28. The molecule has 6 nitrogen and oxygen atoms in total. The first-order valence-corrected chi connectivity index (χ1v) is 8.83. The van der Waals surface area contributed by atoms with Crippen molar-refractivity contribution in [3.05, 3.63) is 12.4 Å². The molecule has 20 heavy (non-hydrogen) atoms. The second-order valence-corrected chi connectivity index (χ2v) is 6.94. The molecule has 2 heterocycles. The number of anilines is 2. The van der Waals surface area contributed by atoms with Crippen molar-refractivity contribution in [3.63, 3.8) is 0 Å². The number of hydrogen-bond donors (Lipinski definition) is 1. The third-order valence-corrected chi connectivity index (χ3v) is 4.69. The maximum Gasteiger partial charge on any atom is 0.232 e. The predicted octanol–water partition coefficient (Wildman–Crippen LogP) is 2.01. The predicted molar refractivity (Wildman–Crippen MR) is 80.4 cm³/mol. The van der Waals surface area contributed by atoms with Crippen LogP contribution in [-0.4, -0.2) is 37.2 Å². The summed E-state index contributed by atoms with van der Waals surface area (Å²) in [6, 6.07) is 0. The maximum atomic E-state index is 11.8. The van der Waals surface area contributed by atoms with Gasteiger partial charge in [-0.05, 0) is 25.7 Å². The lowest BCUT2D eigenvalue weighted by molar-refractivity contribution is 0.568. The van der Waals surface area contributed by atoms with Crippen molar-refractivity contribution in [1.29, 1.82) is 0 Å². The summed E-state index contributed by atoms with van der Waals surface area (Å²) in [5.74, 6) is 0.818. The van der Waals surface area contributed by atoms with Gasteiger partial charge in [-0.1, -0.05) is 13.3 Å². The average molecular weight is 298 g/mol. The average Bonchev–Trinajstić information content (AvgIpc) is 2.46. The Hall–Kier alpha value is -1.37. The van der Waals surface area contributed by atoms with E-state index in [9.17, 15) is 8.42 Å². The first-order chi connectivity index (χ1) is 9.61. The summed E-state index contributed by atoms with van der Waals surface area (Å²) in [5, 5.41) is 0. The van der Waals surface area contributed by atoms with E-state index in [-0.39, 0.29) is 5.75 Å². The highest BCUT2D eigenvalue weighted by atomic mass is 32.2. The first-order valence-electron chi connectivity index (χ1n) is 7.18. The molecule has 0 aromatic carbocycles. The third kappa shape index (κ3) is 4.33. The van der Waals surface area contributed by atoms with Crippen LogP contribution in [0.4, 0.5) is 11.6 Å². The van der Waals surface area contributed by atoms with Gasteiger partial charge < -0.3 is 4.90 Å². The lowest BCUT2D eigenvalue weighted by Gasteiger charge is -2.26. The zero-order chi connectivity index (χ0) is 14.4. The van der Waals surface area contributed by atoms with Crippen LogP contribution in [0.2, 0.25) is 0 Å². The van der Waals surface area contributed by atoms with E-state index in [1.807, 2.05) is 6.92 Å². The van der Waals surface area contributed by atoms with Crippen molar-refractivity contribution in [3.8, 4) is 0 Å². The number of sulfonamides is 1. The van der Waals surface area contributed by atoms with Crippen molar-refractivity contribution in [2.75, 3.05) is 28.5 Å². The number of unbranched alkanes of at least 4 members (excludes halogenated alkanes) is 1. The Balaban J connectivity index is 1.97. The fraction of sp³-hybridized carbons (Fsp3) is 0.692. The van der Waals surface area contributed by atoms with Crippen LogP contribution in [0.25, 0.3) is 0 Å². The SMILES string of the molecule is CCCCS(=O)(=O)Nc1cnc(N2CCCCC2)nc1. The number of nitrogens with one attached hydrogen (secondary N) is 1. The normalized spacial score (nSPS) is 16.1. The molecule has 2 rings (SSSR count). The van der Waals surface area contributed by atoms with Crippen LogP contribution >= 0.6 is 0 Å². The Bertz CT molecular complexity index is 510. The van der Waals surface area contributed by atoms with Gasteiger partial charge in [-0.25, -0.2) is 18.4 Å². The minimum atomic E-state index is -3.28. The van der Waals surface area contributed by atoms with Gasteiger partial charge in [0.05, 0.1) is 23.8 Å². The summed E-state index contributed by atoms with van der Waals surface area (Å²) in [5.41, 5.74) is 0.432. The van der Waals surface area contributed by atoms with Crippen LogP contribution in [0, 0.1) is 0 Å². The van der Waals surface area contributed by atoms with Gasteiger partial charge in [0.25, 0.3) is 0 Å². The first kappa shape index (κ1) is 15.0. The van der Waals surface area contributed by atoms with Gasteiger partial charge in [-0.2, -0.15) is 0 Å². The number of rotatable bonds is 6. The third-order valence-electron chi connectivity index (χ3n) is 3.32. The maximum absolute atomic E-state index is 11.8. The topological polar surface area (TPSA) is 75.2 Å². The van der Waals surface area contributed by atoms with Crippen molar-refractivity contribution in [2.45, 2.75) is 39.0 Å². The fourth-order valence-corrected chi connectivity index (χ4v) is 3.43. The molecule has 0 unspecified atom stereocenters. The highest BCUT2D eigenvalue weighted by Gasteiger charge is 2.14. The molecule has 7 heteroatoms. The van der Waals surface area contributed by atoms with E-state index in [1.54, 1.807) is 12.4 Å². The second-order valence-electron chi connectivity index (χ2n) is 5.09. The van der Waals surface area contributed by atoms with E-state index >= 15 is 0 Å². The molecule has 1 fully saturated rings. The standard InChI is InChI=1S/C13H22N4O2S/c1-2-3-9-20(18,19)16-12-10-14-13(15-11-12)17-7-5-4-6-8-17/h10-11,16H,2-9H2,1H3. The molecule has 1 N–H and O–H groups in total. The van der Waals surface area contributed by atoms with E-state index in [2.05, 4.69) is 19.6 Å². The molecule has 0 spiro atoms. The zero-order valence-electron chi connectivity index (χ0n) is 11.9. The van der Waals surface area contributed by atoms with Gasteiger partial charge in [0.2, 0.25) is 16.0 Å². The Morgan fingerprint density at radius 1 is 1.20 bits per heavy atom. The van der Waals surface area contributed by atoms with Gasteiger partial charge in [-0.15, -0.1) is 0 Å². The van der Waals surface area contributed by atoms with Crippen LogP contribution in [0.3, 0.4) is 0 Å². The molecular formula is C13H22N4O2S. The minimum Gasteiger partial charge on any atom is -0.341 e. The van der Waals surface area contributed by atoms with Crippen LogP contribution < -0.4 is 9.62 Å². The quantitative estimate of drug-likeness (QED) is 0.869. The molecular weight excluding hydrogens is 276 g/mol. The van der Waals surface area contributed by atoms with Gasteiger partial charge in [-0.3, -0.25) is 4.72 Å². The smallest absolute Gasteiger partial charge is 0.232 e. The molecule has 0 bridgehead atoms. The Morgan fingerprint density at radius 3 is 2.45 bits per heavy atom. The molecule has 1 saturated heterocycles. The lowest BCUT2D eigenvalue weighted by atomic mass is 10.1.